The summed E-state index contributed by atoms with van der Waals surface area (Å²) >= 11 is 6.29. The van der Waals surface area contributed by atoms with Gasteiger partial charge < -0.3 is 10.0 Å². The first-order valence-electron chi connectivity index (χ1n) is 11.0. The Morgan fingerprint density at radius 1 is 1.21 bits per heavy atom. The lowest BCUT2D eigenvalue weighted by Gasteiger charge is -2.44. The summed E-state index contributed by atoms with van der Waals surface area (Å²) in [6.45, 7) is 5.85. The lowest BCUT2D eigenvalue weighted by molar-refractivity contribution is -0.139. The molecule has 1 amide bonds. The van der Waals surface area contributed by atoms with Crippen LogP contribution in [0.25, 0.3) is 10.9 Å². The third kappa shape index (κ3) is 4.04. The molecule has 2 fully saturated rings. The van der Waals surface area contributed by atoms with E-state index in [2.05, 4.69) is 28.9 Å². The second kappa shape index (κ2) is 8.27. The zero-order chi connectivity index (χ0) is 20.6. The van der Waals surface area contributed by atoms with Crippen molar-refractivity contribution in [2.45, 2.75) is 64.9 Å². The lowest BCUT2D eigenvalue weighted by atomic mass is 9.68. The number of nitrogens with one attached hydrogen (secondary N) is 1. The Balaban J connectivity index is 1.45. The van der Waals surface area contributed by atoms with Gasteiger partial charge >= 0.3 is 0 Å². The standard InChI is InChI=1S/C23H32ClN3O2/c1-23(2,21(28)19-13-18(24)12-16-14-25-26-20(16)19)17-8-10-27(11-9-17)22(29)15-6-4-3-5-7-15/h12-15,17,21,28H,3-11H2,1-2H3,(H,25,26)/t21-/m1/s1. The van der Waals surface area contributed by atoms with E-state index in [4.69, 9.17) is 11.6 Å². The number of benzene rings is 1. The highest BCUT2D eigenvalue weighted by Gasteiger charge is 2.41. The number of aliphatic hydroxyl groups excluding tert-OH is 1. The maximum atomic E-state index is 12.9. The van der Waals surface area contributed by atoms with E-state index in [1.807, 2.05) is 12.1 Å². The molecular weight excluding hydrogens is 386 g/mol. The van der Waals surface area contributed by atoms with Crippen LogP contribution in [0, 0.1) is 17.3 Å². The van der Waals surface area contributed by atoms with Crippen LogP contribution in [0.15, 0.2) is 18.3 Å². The number of likely N-dealkylation sites (tertiary alicyclic amines) is 1. The van der Waals surface area contributed by atoms with Gasteiger partial charge in [0.25, 0.3) is 0 Å². The number of carbonyl (C=O) groups excluding carboxylic acids is 1. The van der Waals surface area contributed by atoms with Crippen molar-refractivity contribution < 1.29 is 9.90 Å². The van der Waals surface area contributed by atoms with Crippen LogP contribution in [0.5, 0.6) is 0 Å². The first kappa shape index (κ1) is 20.7. The van der Waals surface area contributed by atoms with Gasteiger partial charge in [-0.25, -0.2) is 0 Å². The molecule has 0 radical (unpaired) electrons. The van der Waals surface area contributed by atoms with Crippen molar-refractivity contribution in [3.8, 4) is 0 Å². The summed E-state index contributed by atoms with van der Waals surface area (Å²) in [5.74, 6) is 0.930. The summed E-state index contributed by atoms with van der Waals surface area (Å²) in [5.41, 5.74) is 1.32. The molecule has 4 rings (SSSR count). The van der Waals surface area contributed by atoms with Gasteiger partial charge in [-0.2, -0.15) is 5.10 Å². The number of hydrogen-bond donors (Lipinski definition) is 2. The first-order chi connectivity index (χ1) is 13.9. The van der Waals surface area contributed by atoms with Crippen molar-refractivity contribution in [3.63, 3.8) is 0 Å². The van der Waals surface area contributed by atoms with Crippen LogP contribution in [0.1, 0.15) is 70.5 Å². The Kier molecular flexibility index (Phi) is 5.90. The minimum Gasteiger partial charge on any atom is -0.388 e. The number of aliphatic hydroxyl groups is 1. The molecule has 1 aromatic carbocycles. The number of aromatic nitrogens is 2. The Morgan fingerprint density at radius 2 is 1.90 bits per heavy atom. The number of fused-ring (bicyclic) bond motifs is 1. The van der Waals surface area contributed by atoms with Gasteiger partial charge in [-0.15, -0.1) is 0 Å². The number of amides is 1. The molecule has 0 bridgehead atoms. The number of carbonyl (C=O) groups is 1. The fraction of sp³-hybridized carbons (Fsp3) is 0.652. The summed E-state index contributed by atoms with van der Waals surface area (Å²) in [7, 11) is 0. The highest BCUT2D eigenvalue weighted by Crippen LogP contribution is 2.46. The summed E-state index contributed by atoms with van der Waals surface area (Å²) in [4.78, 5) is 14.9. The Labute approximate surface area is 177 Å². The highest BCUT2D eigenvalue weighted by atomic mass is 35.5. The van der Waals surface area contributed by atoms with Crippen molar-refractivity contribution in [2.75, 3.05) is 13.1 Å². The van der Waals surface area contributed by atoms with E-state index in [-0.39, 0.29) is 11.3 Å². The van der Waals surface area contributed by atoms with Crippen molar-refractivity contribution in [3.05, 3.63) is 28.9 Å². The average molecular weight is 418 g/mol. The third-order valence-electron chi connectivity index (χ3n) is 7.36. The maximum Gasteiger partial charge on any atom is 0.225 e. The number of nitrogens with zero attached hydrogens (tertiary/aromatic N) is 2. The van der Waals surface area contributed by atoms with Crippen molar-refractivity contribution in [1.29, 1.82) is 0 Å². The van der Waals surface area contributed by atoms with Gasteiger partial charge in [-0.05, 0) is 49.1 Å². The van der Waals surface area contributed by atoms with Crippen molar-refractivity contribution in [1.82, 2.24) is 15.1 Å². The van der Waals surface area contributed by atoms with Crippen LogP contribution in [0.2, 0.25) is 5.02 Å². The topological polar surface area (TPSA) is 69.2 Å². The molecule has 1 saturated heterocycles. The molecule has 29 heavy (non-hydrogen) atoms. The van der Waals surface area contributed by atoms with E-state index in [0.717, 1.165) is 55.2 Å². The molecule has 1 aliphatic carbocycles. The SMILES string of the molecule is CC(C)(C1CCN(C(=O)C2CCCCC2)CC1)[C@H](O)c1cc(Cl)cc2cn[nH]c12. The molecule has 2 heterocycles. The summed E-state index contributed by atoms with van der Waals surface area (Å²) in [6, 6.07) is 3.70. The molecule has 1 aliphatic heterocycles. The van der Waals surface area contributed by atoms with Crippen LogP contribution >= 0.6 is 11.6 Å². The number of rotatable bonds is 4. The van der Waals surface area contributed by atoms with Gasteiger partial charge in [0.15, 0.2) is 0 Å². The minimum absolute atomic E-state index is 0.235. The molecule has 5 nitrogen and oxygen atoms in total. The molecule has 0 unspecified atom stereocenters. The van der Waals surface area contributed by atoms with Gasteiger partial charge in [0, 0.05) is 35.0 Å². The molecule has 158 valence electrons. The quantitative estimate of drug-likeness (QED) is 0.727. The molecule has 1 aromatic heterocycles. The normalized spacial score (nSPS) is 20.9. The first-order valence-corrected chi connectivity index (χ1v) is 11.3. The number of piperidine rings is 1. The smallest absolute Gasteiger partial charge is 0.225 e. The van der Waals surface area contributed by atoms with E-state index >= 15 is 0 Å². The monoisotopic (exact) mass is 417 g/mol. The molecule has 2 N–H and O–H groups in total. The van der Waals surface area contributed by atoms with Crippen LogP contribution < -0.4 is 0 Å². The number of H-pyrrole nitrogens is 1. The maximum absolute atomic E-state index is 12.9. The van der Waals surface area contributed by atoms with Gasteiger partial charge in [0.05, 0.1) is 17.8 Å². The summed E-state index contributed by atoms with van der Waals surface area (Å²) < 4.78 is 0. The number of halogens is 1. The van der Waals surface area contributed by atoms with Gasteiger partial charge in [0.1, 0.15) is 0 Å². The van der Waals surface area contributed by atoms with Crippen LogP contribution in [-0.2, 0) is 4.79 Å². The second-order valence-electron chi connectivity index (χ2n) is 9.49. The lowest BCUT2D eigenvalue weighted by Crippen LogP contribution is -2.45. The van der Waals surface area contributed by atoms with Crippen LogP contribution in [0.3, 0.4) is 0 Å². The van der Waals surface area contributed by atoms with E-state index in [0.29, 0.717) is 16.8 Å². The number of aromatic amines is 1. The fourth-order valence-corrected chi connectivity index (χ4v) is 5.57. The van der Waals surface area contributed by atoms with E-state index in [1.54, 1.807) is 6.20 Å². The van der Waals surface area contributed by atoms with Crippen LogP contribution in [0.4, 0.5) is 0 Å². The molecular formula is C23H32ClN3O2. The Hall–Kier alpha value is -1.59. The second-order valence-corrected chi connectivity index (χ2v) is 9.92. The van der Waals surface area contributed by atoms with Crippen molar-refractivity contribution in [2.24, 2.45) is 17.3 Å². The molecule has 2 aliphatic rings. The largest absolute Gasteiger partial charge is 0.388 e. The molecule has 6 heteroatoms. The molecule has 1 atom stereocenters. The van der Waals surface area contributed by atoms with Crippen molar-refractivity contribution >= 4 is 28.4 Å². The van der Waals surface area contributed by atoms with Gasteiger partial charge in [-0.3, -0.25) is 9.89 Å². The minimum atomic E-state index is -0.658. The number of hydrogen-bond acceptors (Lipinski definition) is 3. The average Bonchev–Trinajstić information content (AvgIpc) is 3.21. The Morgan fingerprint density at radius 3 is 2.59 bits per heavy atom. The van der Waals surface area contributed by atoms with E-state index in [1.165, 1.54) is 19.3 Å². The van der Waals surface area contributed by atoms with E-state index in [9.17, 15) is 9.90 Å². The van der Waals surface area contributed by atoms with Crippen LogP contribution in [-0.4, -0.2) is 39.2 Å². The zero-order valence-electron chi connectivity index (χ0n) is 17.5. The van der Waals surface area contributed by atoms with Gasteiger partial charge in [-0.1, -0.05) is 44.7 Å². The predicted molar refractivity (Wildman–Crippen MR) is 116 cm³/mol. The highest BCUT2D eigenvalue weighted by molar-refractivity contribution is 6.31. The zero-order valence-corrected chi connectivity index (χ0v) is 18.2. The summed E-state index contributed by atoms with van der Waals surface area (Å²) in [6.07, 6.45) is 8.68. The third-order valence-corrected chi connectivity index (χ3v) is 7.57. The molecule has 1 saturated carbocycles. The molecule has 0 spiro atoms. The molecule has 2 aromatic rings. The summed E-state index contributed by atoms with van der Waals surface area (Å²) in [5, 5.41) is 20.0. The predicted octanol–water partition coefficient (Wildman–Crippen LogP) is 5.09. The van der Waals surface area contributed by atoms with Gasteiger partial charge in [0.2, 0.25) is 5.91 Å². The fourth-order valence-electron chi connectivity index (χ4n) is 5.34. The Bertz CT molecular complexity index is 864. The van der Waals surface area contributed by atoms with E-state index < -0.39 is 6.10 Å².